The van der Waals surface area contributed by atoms with Crippen molar-refractivity contribution in [2.75, 3.05) is 6.54 Å². The van der Waals surface area contributed by atoms with Gasteiger partial charge in [0.05, 0.1) is 0 Å². The van der Waals surface area contributed by atoms with E-state index in [-0.39, 0.29) is 30.7 Å². The first-order valence-electron chi connectivity index (χ1n) is 14.0. The fourth-order valence-electron chi connectivity index (χ4n) is 5.01. The summed E-state index contributed by atoms with van der Waals surface area (Å²) in [6.45, 7) is 10.9. The van der Waals surface area contributed by atoms with Gasteiger partial charge in [-0.1, -0.05) is 61.7 Å². The zero-order chi connectivity index (χ0) is 29.3. The minimum absolute atomic E-state index is 0.0302. The summed E-state index contributed by atoms with van der Waals surface area (Å²) in [5, 5.41) is 16.1. The summed E-state index contributed by atoms with van der Waals surface area (Å²) in [6, 6.07) is 12.3. The summed E-state index contributed by atoms with van der Waals surface area (Å²) in [5.74, 6) is -0.641. The second kappa shape index (κ2) is 14.0. The Morgan fingerprint density at radius 2 is 1.77 bits per heavy atom. The number of aryl methyl sites for hydroxylation is 1. The first kappa shape index (κ1) is 30.7. The van der Waals surface area contributed by atoms with Crippen LogP contribution in [-0.4, -0.2) is 52.1 Å². The van der Waals surface area contributed by atoms with Crippen molar-refractivity contribution in [1.29, 1.82) is 0 Å². The highest BCUT2D eigenvalue weighted by Gasteiger charge is 2.37. The fraction of sp³-hybridized carbons (Fsp3) is 0.469. The van der Waals surface area contributed by atoms with E-state index in [1.54, 1.807) is 45.9 Å². The topological polar surface area (TPSA) is 108 Å². The largest absolute Gasteiger partial charge is 0.508 e. The number of ether oxygens (including phenoxy) is 1. The molecule has 2 atom stereocenters. The molecule has 0 saturated heterocycles. The third kappa shape index (κ3) is 8.86. The molecule has 8 heteroatoms. The van der Waals surface area contributed by atoms with Crippen LogP contribution < -0.4 is 10.6 Å². The molecule has 0 aromatic heterocycles. The maximum atomic E-state index is 14.3. The fourth-order valence-corrected chi connectivity index (χ4v) is 5.01. The number of alkyl carbamates (subject to hydrolysis) is 1. The number of phenols is 1. The van der Waals surface area contributed by atoms with Crippen molar-refractivity contribution in [1.82, 2.24) is 15.5 Å². The van der Waals surface area contributed by atoms with Gasteiger partial charge in [-0.05, 0) is 69.4 Å². The molecule has 216 valence electrons. The second-order valence-corrected chi connectivity index (χ2v) is 11.5. The summed E-state index contributed by atoms with van der Waals surface area (Å²) in [4.78, 5) is 42.5. The molecule has 0 aliphatic heterocycles. The lowest BCUT2D eigenvalue weighted by atomic mass is 9.94. The number of rotatable bonds is 10. The Balaban J connectivity index is 2.00. The van der Waals surface area contributed by atoms with Gasteiger partial charge in [0.25, 0.3) is 0 Å². The summed E-state index contributed by atoms with van der Waals surface area (Å²) in [6.07, 6.45) is 6.06. The Bertz CT molecular complexity index is 1170. The summed E-state index contributed by atoms with van der Waals surface area (Å²) >= 11 is 0. The van der Waals surface area contributed by atoms with Gasteiger partial charge < -0.3 is 25.4 Å². The lowest BCUT2D eigenvalue weighted by Crippen LogP contribution is -2.54. The van der Waals surface area contributed by atoms with Gasteiger partial charge in [-0.2, -0.15) is 0 Å². The number of hydrogen-bond acceptors (Lipinski definition) is 5. The second-order valence-electron chi connectivity index (χ2n) is 11.5. The van der Waals surface area contributed by atoms with Crippen molar-refractivity contribution < 1.29 is 24.2 Å². The smallest absolute Gasteiger partial charge is 0.408 e. The number of amides is 3. The highest BCUT2D eigenvalue weighted by molar-refractivity contribution is 5.92. The Morgan fingerprint density at radius 3 is 2.38 bits per heavy atom. The molecule has 0 heterocycles. The molecule has 3 amide bonds. The van der Waals surface area contributed by atoms with Crippen molar-refractivity contribution in [3.8, 4) is 5.75 Å². The Labute approximate surface area is 237 Å². The highest BCUT2D eigenvalue weighted by atomic mass is 16.6. The highest BCUT2D eigenvalue weighted by Crippen LogP contribution is 2.28. The van der Waals surface area contributed by atoms with Crippen molar-refractivity contribution >= 4 is 17.9 Å². The molecule has 0 spiro atoms. The van der Waals surface area contributed by atoms with Crippen LogP contribution in [0.25, 0.3) is 0 Å². The van der Waals surface area contributed by atoms with Gasteiger partial charge in [0, 0.05) is 19.0 Å². The summed E-state index contributed by atoms with van der Waals surface area (Å²) in [7, 11) is 0. The average molecular weight is 550 g/mol. The van der Waals surface area contributed by atoms with Gasteiger partial charge in [0.15, 0.2) is 0 Å². The van der Waals surface area contributed by atoms with Crippen LogP contribution in [-0.2, 0) is 20.7 Å². The van der Waals surface area contributed by atoms with Crippen molar-refractivity contribution in [3.05, 3.63) is 77.9 Å². The van der Waals surface area contributed by atoms with E-state index in [1.165, 1.54) is 11.0 Å². The number of aromatic hydroxyl groups is 1. The molecule has 2 aromatic carbocycles. The molecular weight excluding hydrogens is 506 g/mol. The standard InChI is InChI=1S/C32H43N3O5/c1-6-19-35(30(38)26(21-23-13-9-7-10-14-23)34-31(39)40-32(3,4)5)28(24-17-18-27(36)22(2)20-24)29(37)33-25-15-11-8-12-16-25/h6-7,9-10,13-14,17-18,20,25-26,28,36H,1,8,11-12,15-16,19,21H2,2-5H3,(H,33,37)(H,34,39). The minimum atomic E-state index is -1.000. The number of carbonyl (C=O) groups is 3. The van der Waals surface area contributed by atoms with E-state index < -0.39 is 29.7 Å². The van der Waals surface area contributed by atoms with Crippen molar-refractivity contribution in [2.45, 2.75) is 89.9 Å². The Kier molecular flexibility index (Phi) is 10.8. The lowest BCUT2D eigenvalue weighted by Gasteiger charge is -2.35. The van der Waals surface area contributed by atoms with Crippen molar-refractivity contribution in [3.63, 3.8) is 0 Å². The molecule has 2 unspecified atom stereocenters. The number of phenolic OH excluding ortho intramolecular Hbond substituents is 1. The van der Waals surface area contributed by atoms with Crippen LogP contribution in [0, 0.1) is 6.92 Å². The first-order valence-corrected chi connectivity index (χ1v) is 14.0. The van der Waals surface area contributed by atoms with Crippen LogP contribution in [0.5, 0.6) is 5.75 Å². The molecule has 3 N–H and O–H groups in total. The third-order valence-corrected chi connectivity index (χ3v) is 6.93. The predicted molar refractivity (Wildman–Crippen MR) is 156 cm³/mol. The van der Waals surface area contributed by atoms with Crippen LogP contribution in [0.2, 0.25) is 0 Å². The van der Waals surface area contributed by atoms with Gasteiger partial charge >= 0.3 is 6.09 Å². The normalized spacial score (nSPS) is 15.4. The Morgan fingerprint density at radius 1 is 1.10 bits per heavy atom. The molecule has 3 rings (SSSR count). The van der Waals surface area contributed by atoms with Crippen LogP contribution in [0.15, 0.2) is 61.2 Å². The zero-order valence-electron chi connectivity index (χ0n) is 24.1. The molecule has 0 radical (unpaired) electrons. The van der Waals surface area contributed by atoms with E-state index in [1.807, 2.05) is 30.3 Å². The maximum Gasteiger partial charge on any atom is 0.408 e. The lowest BCUT2D eigenvalue weighted by molar-refractivity contribution is -0.142. The van der Waals surface area contributed by atoms with E-state index in [2.05, 4.69) is 17.2 Å². The number of nitrogens with one attached hydrogen (secondary N) is 2. The molecule has 1 saturated carbocycles. The number of carbonyl (C=O) groups excluding carboxylic acids is 3. The molecule has 1 aliphatic rings. The third-order valence-electron chi connectivity index (χ3n) is 6.93. The molecule has 1 aliphatic carbocycles. The Hall–Kier alpha value is -3.81. The van der Waals surface area contributed by atoms with Crippen LogP contribution in [0.3, 0.4) is 0 Å². The summed E-state index contributed by atoms with van der Waals surface area (Å²) < 4.78 is 5.47. The minimum Gasteiger partial charge on any atom is -0.508 e. The summed E-state index contributed by atoms with van der Waals surface area (Å²) in [5.41, 5.74) is 1.25. The van der Waals surface area contributed by atoms with Gasteiger partial charge in [0.2, 0.25) is 11.8 Å². The van der Waals surface area contributed by atoms with Gasteiger partial charge in [-0.25, -0.2) is 4.79 Å². The zero-order valence-corrected chi connectivity index (χ0v) is 24.1. The number of hydrogen-bond donors (Lipinski definition) is 3. The van der Waals surface area contributed by atoms with Gasteiger partial charge in [-0.3, -0.25) is 9.59 Å². The molecular formula is C32H43N3O5. The van der Waals surface area contributed by atoms with Crippen molar-refractivity contribution in [2.24, 2.45) is 0 Å². The van der Waals surface area contributed by atoms with E-state index in [0.29, 0.717) is 11.1 Å². The molecule has 40 heavy (non-hydrogen) atoms. The van der Waals surface area contributed by atoms with Crippen LogP contribution in [0.4, 0.5) is 4.79 Å². The molecule has 0 bridgehead atoms. The molecule has 2 aromatic rings. The molecule has 8 nitrogen and oxygen atoms in total. The predicted octanol–water partition coefficient (Wildman–Crippen LogP) is 5.34. The first-order chi connectivity index (χ1) is 19.0. The van der Waals surface area contributed by atoms with Crippen LogP contribution >= 0.6 is 0 Å². The quantitative estimate of drug-likeness (QED) is 0.347. The van der Waals surface area contributed by atoms with Gasteiger partial charge in [0.1, 0.15) is 23.4 Å². The SMILES string of the molecule is C=CCN(C(=O)C(Cc1ccccc1)NC(=O)OC(C)(C)C)C(C(=O)NC1CCCCC1)c1ccc(O)c(C)c1. The number of nitrogens with zero attached hydrogens (tertiary/aromatic N) is 1. The average Bonchev–Trinajstić information content (AvgIpc) is 2.89. The van der Waals surface area contributed by atoms with Gasteiger partial charge in [-0.15, -0.1) is 6.58 Å². The van der Waals surface area contributed by atoms with E-state index >= 15 is 0 Å². The number of benzene rings is 2. The van der Waals surface area contributed by atoms with E-state index in [0.717, 1.165) is 37.7 Å². The molecule has 1 fully saturated rings. The van der Waals surface area contributed by atoms with Crippen LogP contribution in [0.1, 0.15) is 75.6 Å². The van der Waals surface area contributed by atoms with E-state index in [4.69, 9.17) is 4.74 Å². The van der Waals surface area contributed by atoms with E-state index in [9.17, 15) is 19.5 Å². The monoisotopic (exact) mass is 549 g/mol. The maximum absolute atomic E-state index is 14.3.